The van der Waals surface area contributed by atoms with Crippen molar-refractivity contribution < 1.29 is 9.32 Å². The van der Waals surface area contributed by atoms with E-state index in [1.807, 2.05) is 24.1 Å². The highest BCUT2D eigenvalue weighted by atomic mass is 16.5. The summed E-state index contributed by atoms with van der Waals surface area (Å²) in [6, 6.07) is 4.48. The molecule has 1 atom stereocenters. The van der Waals surface area contributed by atoms with Crippen LogP contribution in [0.4, 0.5) is 5.82 Å². The molecule has 2 aromatic rings. The zero-order chi connectivity index (χ0) is 18.8. The number of nitrogens with zero attached hydrogens (tertiary/aromatic N) is 5. The summed E-state index contributed by atoms with van der Waals surface area (Å²) in [6.45, 7) is 4.37. The molecular formula is C19H26N6O2. The molecule has 1 amide bonds. The molecule has 0 aromatic carbocycles. The van der Waals surface area contributed by atoms with E-state index in [4.69, 9.17) is 4.52 Å². The number of carbonyl (C=O) groups excluding carboxylic acids is 1. The van der Waals surface area contributed by atoms with Crippen LogP contribution in [-0.2, 0) is 4.79 Å². The molecule has 2 aliphatic heterocycles. The number of aromatic nitrogens is 3. The van der Waals surface area contributed by atoms with Crippen LogP contribution in [0.25, 0.3) is 11.4 Å². The molecule has 144 valence electrons. The molecule has 8 heteroatoms. The van der Waals surface area contributed by atoms with Gasteiger partial charge >= 0.3 is 0 Å². The first-order valence-electron chi connectivity index (χ1n) is 9.64. The highest BCUT2D eigenvalue weighted by Gasteiger charge is 2.37. The van der Waals surface area contributed by atoms with Gasteiger partial charge in [-0.2, -0.15) is 4.98 Å². The number of hydrogen-bond acceptors (Lipinski definition) is 7. The summed E-state index contributed by atoms with van der Waals surface area (Å²) in [5, 5.41) is 7.18. The molecule has 2 aliphatic rings. The number of likely N-dealkylation sites (tertiary alicyclic amines) is 2. The average Bonchev–Trinajstić information content (AvgIpc) is 3.37. The molecule has 1 N–H and O–H groups in total. The van der Waals surface area contributed by atoms with Crippen LogP contribution >= 0.6 is 0 Å². The molecule has 4 heterocycles. The molecule has 1 unspecified atom stereocenters. The lowest BCUT2D eigenvalue weighted by molar-refractivity contribution is -0.130. The number of piperidine rings is 1. The maximum absolute atomic E-state index is 11.6. The summed E-state index contributed by atoms with van der Waals surface area (Å²) in [5.41, 5.74) is 0.850. The molecule has 2 aromatic heterocycles. The first-order valence-corrected chi connectivity index (χ1v) is 9.64. The summed E-state index contributed by atoms with van der Waals surface area (Å²) in [6.07, 6.45) is 5.93. The van der Waals surface area contributed by atoms with Gasteiger partial charge in [-0.3, -0.25) is 9.69 Å². The summed E-state index contributed by atoms with van der Waals surface area (Å²) in [4.78, 5) is 25.0. The Morgan fingerprint density at radius 1 is 1.22 bits per heavy atom. The maximum atomic E-state index is 11.6. The Hall–Kier alpha value is -2.48. The largest absolute Gasteiger partial charge is 0.373 e. The monoisotopic (exact) mass is 370 g/mol. The molecule has 8 nitrogen and oxygen atoms in total. The van der Waals surface area contributed by atoms with Crippen molar-refractivity contribution in [2.75, 3.05) is 32.0 Å². The molecule has 0 radical (unpaired) electrons. The summed E-state index contributed by atoms with van der Waals surface area (Å²) < 4.78 is 5.63. The first kappa shape index (κ1) is 17.9. The van der Waals surface area contributed by atoms with E-state index in [9.17, 15) is 4.79 Å². The zero-order valence-corrected chi connectivity index (χ0v) is 15.9. The number of hydrogen-bond donors (Lipinski definition) is 1. The van der Waals surface area contributed by atoms with Gasteiger partial charge in [0.05, 0.1) is 6.04 Å². The van der Waals surface area contributed by atoms with Gasteiger partial charge in [-0.25, -0.2) is 4.98 Å². The van der Waals surface area contributed by atoms with Crippen molar-refractivity contribution in [1.82, 2.24) is 24.9 Å². The van der Waals surface area contributed by atoms with Gasteiger partial charge in [-0.15, -0.1) is 0 Å². The van der Waals surface area contributed by atoms with Crippen LogP contribution in [0.1, 0.15) is 44.5 Å². The second kappa shape index (κ2) is 7.64. The highest BCUT2D eigenvalue weighted by molar-refractivity contribution is 5.73. The van der Waals surface area contributed by atoms with Gasteiger partial charge in [0.1, 0.15) is 5.82 Å². The van der Waals surface area contributed by atoms with Gasteiger partial charge in [-0.05, 0) is 44.4 Å². The fourth-order valence-corrected chi connectivity index (χ4v) is 4.17. The highest BCUT2D eigenvalue weighted by Crippen LogP contribution is 2.36. The standard InChI is InChI=1S/C19H26N6O2/c1-13(26)24-10-7-15(8-11-24)25-9-3-4-16(25)19-22-18(23-27-19)14-5-6-17(20-2)21-12-14/h5-6,12,15-16H,3-4,7-11H2,1-2H3,(H,20,21). The fraction of sp³-hybridized carbons (Fsp3) is 0.579. The lowest BCUT2D eigenvalue weighted by Gasteiger charge is -2.38. The molecule has 0 aliphatic carbocycles. The molecule has 2 saturated heterocycles. The number of carbonyl (C=O) groups is 1. The number of pyridine rings is 1. The number of amides is 1. The second-order valence-electron chi connectivity index (χ2n) is 7.27. The van der Waals surface area contributed by atoms with Crippen molar-refractivity contribution in [2.45, 2.75) is 44.7 Å². The van der Waals surface area contributed by atoms with Crippen molar-refractivity contribution in [1.29, 1.82) is 0 Å². The molecule has 0 spiro atoms. The van der Waals surface area contributed by atoms with Crippen molar-refractivity contribution in [3.63, 3.8) is 0 Å². The SMILES string of the molecule is CNc1ccc(-c2noc(C3CCCN3C3CCN(C(C)=O)CC3)n2)cn1. The van der Waals surface area contributed by atoms with Crippen LogP contribution in [0.2, 0.25) is 0 Å². The van der Waals surface area contributed by atoms with E-state index < -0.39 is 0 Å². The fourth-order valence-electron chi connectivity index (χ4n) is 4.17. The van der Waals surface area contributed by atoms with Gasteiger partial charge in [0.15, 0.2) is 0 Å². The van der Waals surface area contributed by atoms with E-state index in [0.717, 1.165) is 56.7 Å². The molecule has 0 saturated carbocycles. The Kier molecular flexibility index (Phi) is 5.07. The van der Waals surface area contributed by atoms with E-state index in [1.54, 1.807) is 13.1 Å². The Bertz CT molecular complexity index is 782. The second-order valence-corrected chi connectivity index (χ2v) is 7.27. The van der Waals surface area contributed by atoms with Crippen LogP contribution < -0.4 is 5.32 Å². The summed E-state index contributed by atoms with van der Waals surface area (Å²) in [5.74, 6) is 2.25. The van der Waals surface area contributed by atoms with Crippen molar-refractivity contribution in [3.05, 3.63) is 24.2 Å². The van der Waals surface area contributed by atoms with Crippen molar-refractivity contribution in [3.8, 4) is 11.4 Å². The Morgan fingerprint density at radius 3 is 2.70 bits per heavy atom. The minimum Gasteiger partial charge on any atom is -0.373 e. The smallest absolute Gasteiger partial charge is 0.244 e. The van der Waals surface area contributed by atoms with Gasteiger partial charge in [0.2, 0.25) is 17.6 Å². The maximum Gasteiger partial charge on any atom is 0.244 e. The van der Waals surface area contributed by atoms with E-state index in [0.29, 0.717) is 17.8 Å². The average molecular weight is 370 g/mol. The number of rotatable bonds is 4. The Balaban J connectivity index is 1.46. The topological polar surface area (TPSA) is 87.4 Å². The van der Waals surface area contributed by atoms with Crippen LogP contribution in [0.5, 0.6) is 0 Å². The zero-order valence-electron chi connectivity index (χ0n) is 15.9. The number of anilines is 1. The minimum atomic E-state index is 0.171. The molecule has 2 fully saturated rings. The number of nitrogens with one attached hydrogen (secondary N) is 1. The van der Waals surface area contributed by atoms with E-state index in [2.05, 4.69) is 25.3 Å². The molecule has 0 bridgehead atoms. The van der Waals surface area contributed by atoms with Crippen molar-refractivity contribution in [2.24, 2.45) is 0 Å². The molecule has 27 heavy (non-hydrogen) atoms. The van der Waals surface area contributed by atoms with Crippen molar-refractivity contribution >= 4 is 11.7 Å². The molecule has 4 rings (SSSR count). The predicted molar refractivity (Wildman–Crippen MR) is 101 cm³/mol. The van der Waals surface area contributed by atoms with E-state index in [-0.39, 0.29) is 11.9 Å². The molecular weight excluding hydrogens is 344 g/mol. The quantitative estimate of drug-likeness (QED) is 0.884. The summed E-state index contributed by atoms with van der Waals surface area (Å²) >= 11 is 0. The third kappa shape index (κ3) is 3.66. The van der Waals surface area contributed by atoms with Crippen LogP contribution in [-0.4, -0.2) is 63.6 Å². The lowest BCUT2D eigenvalue weighted by atomic mass is 10.0. The Labute approximate surface area is 158 Å². The normalized spacial score (nSPS) is 21.6. The van der Waals surface area contributed by atoms with E-state index >= 15 is 0 Å². The van der Waals surface area contributed by atoms with Gasteiger partial charge in [0, 0.05) is 44.9 Å². The van der Waals surface area contributed by atoms with Gasteiger partial charge < -0.3 is 14.7 Å². The predicted octanol–water partition coefficient (Wildman–Crippen LogP) is 2.32. The first-order chi connectivity index (χ1) is 13.2. The Morgan fingerprint density at radius 2 is 2.04 bits per heavy atom. The minimum absolute atomic E-state index is 0.171. The van der Waals surface area contributed by atoms with E-state index in [1.165, 1.54) is 0 Å². The van der Waals surface area contributed by atoms with Crippen LogP contribution in [0.15, 0.2) is 22.9 Å². The lowest BCUT2D eigenvalue weighted by Crippen LogP contribution is -2.46. The third-order valence-electron chi connectivity index (χ3n) is 5.68. The van der Waals surface area contributed by atoms with Gasteiger partial charge in [-0.1, -0.05) is 5.16 Å². The summed E-state index contributed by atoms with van der Waals surface area (Å²) in [7, 11) is 1.84. The van der Waals surface area contributed by atoms with Crippen LogP contribution in [0.3, 0.4) is 0 Å². The third-order valence-corrected chi connectivity index (χ3v) is 5.68. The van der Waals surface area contributed by atoms with Crippen LogP contribution in [0, 0.1) is 0 Å². The van der Waals surface area contributed by atoms with Gasteiger partial charge in [0.25, 0.3) is 0 Å².